The van der Waals surface area contributed by atoms with Gasteiger partial charge in [0.2, 0.25) is 0 Å². The van der Waals surface area contributed by atoms with Crippen molar-refractivity contribution in [3.05, 3.63) is 82.6 Å². The zero-order valence-corrected chi connectivity index (χ0v) is 17.4. The van der Waals surface area contributed by atoms with Crippen LogP contribution >= 0.6 is 23.1 Å². The quantitative estimate of drug-likeness (QED) is 0.403. The Hall–Kier alpha value is -2.57. The van der Waals surface area contributed by atoms with Crippen LogP contribution < -0.4 is 5.32 Å². The minimum Gasteiger partial charge on any atom is -0.451 e. The number of amides is 1. The van der Waals surface area contributed by atoms with Crippen LogP contribution in [0.15, 0.2) is 68.9 Å². The van der Waals surface area contributed by atoms with Crippen LogP contribution in [0, 0.1) is 0 Å². The van der Waals surface area contributed by atoms with Crippen molar-refractivity contribution in [1.82, 2.24) is 10.3 Å². The lowest BCUT2D eigenvalue weighted by molar-refractivity contribution is 0.0906. The number of carbonyl (C=O) groups excluding carboxylic acids is 1. The summed E-state index contributed by atoms with van der Waals surface area (Å²) in [5, 5.41) is 6.18. The molecule has 1 atom stereocenters. The number of aromatic nitrogens is 1. The number of benzene rings is 2. The number of para-hydroxylation sites is 1. The van der Waals surface area contributed by atoms with Crippen molar-refractivity contribution in [1.29, 1.82) is 0 Å². The van der Waals surface area contributed by atoms with E-state index >= 15 is 0 Å². The molecule has 2 aromatic heterocycles. The van der Waals surface area contributed by atoms with Crippen molar-refractivity contribution in [3.8, 4) is 0 Å². The molecule has 0 saturated heterocycles. The minimum atomic E-state index is -0.141. The second-order valence-corrected chi connectivity index (χ2v) is 9.23. The largest absolute Gasteiger partial charge is 0.451 e. The number of carbonyl (C=O) groups is 1. The zero-order valence-electron chi connectivity index (χ0n) is 15.8. The van der Waals surface area contributed by atoms with Gasteiger partial charge in [0.25, 0.3) is 5.91 Å². The second-order valence-electron chi connectivity index (χ2n) is 7.11. The van der Waals surface area contributed by atoms with Crippen LogP contribution in [0.2, 0.25) is 0 Å². The highest BCUT2D eigenvalue weighted by atomic mass is 32.2. The van der Waals surface area contributed by atoms with Crippen molar-refractivity contribution >= 4 is 40.0 Å². The Bertz CT molecular complexity index is 1150. The maximum atomic E-state index is 13.2. The van der Waals surface area contributed by atoms with Crippen molar-refractivity contribution in [2.75, 3.05) is 0 Å². The predicted octanol–water partition coefficient (Wildman–Crippen LogP) is 5.99. The molecule has 1 amide bonds. The van der Waals surface area contributed by atoms with Crippen molar-refractivity contribution in [2.45, 2.75) is 35.4 Å². The number of fused-ring (bicyclic) bond motifs is 2. The Labute approximate surface area is 177 Å². The van der Waals surface area contributed by atoms with E-state index < -0.39 is 0 Å². The lowest BCUT2D eigenvalue weighted by Crippen LogP contribution is -2.31. The molecule has 6 heteroatoms. The van der Waals surface area contributed by atoms with E-state index in [1.165, 1.54) is 11.1 Å². The highest BCUT2D eigenvalue weighted by Gasteiger charge is 2.26. The van der Waals surface area contributed by atoms with Gasteiger partial charge in [0.15, 0.2) is 5.76 Å². The summed E-state index contributed by atoms with van der Waals surface area (Å²) in [7, 11) is 0. The molecule has 4 aromatic rings. The highest BCUT2D eigenvalue weighted by molar-refractivity contribution is 8.00. The number of hydrogen-bond donors (Lipinski definition) is 1. The van der Waals surface area contributed by atoms with Gasteiger partial charge in [-0.15, -0.1) is 11.3 Å². The number of thiazole rings is 1. The van der Waals surface area contributed by atoms with Gasteiger partial charge in [-0.05, 0) is 36.5 Å². The van der Waals surface area contributed by atoms with Crippen molar-refractivity contribution < 1.29 is 9.21 Å². The topological polar surface area (TPSA) is 55.1 Å². The molecule has 0 aliphatic heterocycles. The third-order valence-corrected chi connectivity index (χ3v) is 7.32. The number of aryl methyl sites for hydroxylation is 1. The van der Waals surface area contributed by atoms with Gasteiger partial charge < -0.3 is 9.73 Å². The lowest BCUT2D eigenvalue weighted by Gasteiger charge is -2.26. The van der Waals surface area contributed by atoms with Crippen molar-refractivity contribution in [2.24, 2.45) is 0 Å². The summed E-state index contributed by atoms with van der Waals surface area (Å²) in [4.78, 5) is 17.6. The van der Waals surface area contributed by atoms with Gasteiger partial charge in [-0.25, -0.2) is 4.98 Å². The zero-order chi connectivity index (χ0) is 19.6. The first-order valence-corrected chi connectivity index (χ1v) is 11.6. The molecule has 0 fully saturated rings. The number of thioether (sulfide) groups is 1. The number of nitrogens with one attached hydrogen (secondary N) is 1. The summed E-state index contributed by atoms with van der Waals surface area (Å²) in [5.41, 5.74) is 4.23. The van der Waals surface area contributed by atoms with Crippen LogP contribution in [-0.4, -0.2) is 10.9 Å². The van der Waals surface area contributed by atoms with Gasteiger partial charge in [0, 0.05) is 28.3 Å². The lowest BCUT2D eigenvalue weighted by atomic mass is 9.87. The van der Waals surface area contributed by atoms with E-state index in [2.05, 4.69) is 28.5 Å². The molecule has 29 heavy (non-hydrogen) atoms. The minimum absolute atomic E-state index is 0.0279. The molecule has 1 unspecified atom stereocenters. The van der Waals surface area contributed by atoms with Crippen LogP contribution in [0.1, 0.15) is 46.1 Å². The number of rotatable bonds is 5. The fraction of sp³-hybridized carbons (Fsp3) is 0.217. The normalized spacial score (nSPS) is 15.9. The van der Waals surface area contributed by atoms with Gasteiger partial charge >= 0.3 is 0 Å². The summed E-state index contributed by atoms with van der Waals surface area (Å²) in [5.74, 6) is 0.921. The van der Waals surface area contributed by atoms with E-state index in [-0.39, 0.29) is 11.9 Å². The van der Waals surface area contributed by atoms with Gasteiger partial charge in [-0.2, -0.15) is 0 Å². The van der Waals surface area contributed by atoms with Gasteiger partial charge in [-0.1, -0.05) is 54.2 Å². The molecular formula is C23H20N2O2S2. The summed E-state index contributed by atoms with van der Waals surface area (Å²) >= 11 is 3.24. The number of furan rings is 1. The first kappa shape index (κ1) is 18.5. The van der Waals surface area contributed by atoms with Gasteiger partial charge in [0.1, 0.15) is 9.92 Å². The summed E-state index contributed by atoms with van der Waals surface area (Å²) in [6.45, 7) is 0. The van der Waals surface area contributed by atoms with E-state index in [1.807, 2.05) is 35.7 Å². The van der Waals surface area contributed by atoms with E-state index in [4.69, 9.17) is 4.42 Å². The second kappa shape index (κ2) is 8.05. The van der Waals surface area contributed by atoms with Gasteiger partial charge in [0.05, 0.1) is 6.04 Å². The van der Waals surface area contributed by atoms with Crippen LogP contribution in [0.3, 0.4) is 0 Å². The fourth-order valence-electron chi connectivity index (χ4n) is 3.97. The first-order chi connectivity index (χ1) is 14.3. The average molecular weight is 421 g/mol. The molecule has 1 N–H and O–H groups in total. The molecule has 1 aliphatic carbocycles. The number of nitrogens with zero attached hydrogens (tertiary/aromatic N) is 1. The predicted molar refractivity (Wildman–Crippen MR) is 117 cm³/mol. The molecule has 0 radical (unpaired) electrons. The van der Waals surface area contributed by atoms with Crippen LogP contribution in [-0.2, 0) is 12.2 Å². The Morgan fingerprint density at radius 2 is 2.07 bits per heavy atom. The fourth-order valence-corrected chi connectivity index (χ4v) is 5.63. The Kier molecular flexibility index (Phi) is 5.12. The smallest absolute Gasteiger partial charge is 0.287 e. The highest BCUT2D eigenvalue weighted by Crippen LogP contribution is 2.34. The monoisotopic (exact) mass is 420 g/mol. The van der Waals surface area contributed by atoms with Crippen molar-refractivity contribution in [3.63, 3.8) is 0 Å². The third kappa shape index (κ3) is 3.70. The Morgan fingerprint density at radius 3 is 2.97 bits per heavy atom. The summed E-state index contributed by atoms with van der Waals surface area (Å²) in [6, 6.07) is 16.3. The van der Waals surface area contributed by atoms with E-state index in [0.29, 0.717) is 11.5 Å². The molecule has 4 nitrogen and oxygen atoms in total. The Balaban J connectivity index is 1.45. The Morgan fingerprint density at radius 1 is 1.21 bits per heavy atom. The summed E-state index contributed by atoms with van der Waals surface area (Å²) < 4.78 is 7.01. The van der Waals surface area contributed by atoms with E-state index in [0.717, 1.165) is 40.1 Å². The molecule has 146 valence electrons. The molecule has 0 bridgehead atoms. The standard InChI is InChI=1S/C23H20N2O2S2/c26-22(25-19-10-5-7-15-6-1-2-8-16(15)19)21-18(14-29-23-24-12-13-28-23)17-9-3-4-11-20(17)27-21/h1-4,6,8-9,11-13,19H,5,7,10,14H2,(H,25,26). The van der Waals surface area contributed by atoms with Gasteiger partial charge in [-0.3, -0.25) is 4.79 Å². The third-order valence-electron chi connectivity index (χ3n) is 5.33. The summed E-state index contributed by atoms with van der Waals surface area (Å²) in [6.07, 6.45) is 4.90. The molecule has 0 saturated carbocycles. The average Bonchev–Trinajstić information content (AvgIpc) is 3.40. The molecule has 2 aromatic carbocycles. The SMILES string of the molecule is O=C(NC1CCCc2ccccc21)c1oc2ccccc2c1CSc1nccs1. The first-order valence-electron chi connectivity index (χ1n) is 9.71. The maximum Gasteiger partial charge on any atom is 0.287 e. The molecule has 2 heterocycles. The van der Waals surface area contributed by atoms with Crippen LogP contribution in [0.5, 0.6) is 0 Å². The van der Waals surface area contributed by atoms with Crippen LogP contribution in [0.4, 0.5) is 0 Å². The van der Waals surface area contributed by atoms with Crippen LogP contribution in [0.25, 0.3) is 11.0 Å². The molecule has 1 aliphatic rings. The van der Waals surface area contributed by atoms with E-state index in [9.17, 15) is 4.79 Å². The molecule has 0 spiro atoms. The van der Waals surface area contributed by atoms with E-state index in [1.54, 1.807) is 29.3 Å². The number of hydrogen-bond acceptors (Lipinski definition) is 5. The molecular weight excluding hydrogens is 400 g/mol. The molecule has 5 rings (SSSR count). The maximum absolute atomic E-state index is 13.2.